The van der Waals surface area contributed by atoms with E-state index in [0.717, 1.165) is 40.9 Å². The molecular formula is C23H27IN2O2. The van der Waals surface area contributed by atoms with Gasteiger partial charge in [-0.1, -0.05) is 0 Å². The van der Waals surface area contributed by atoms with E-state index in [1.165, 1.54) is 47.6 Å². The molecule has 1 aromatic rings. The van der Waals surface area contributed by atoms with Gasteiger partial charge >= 0.3 is 0 Å². The fourth-order valence-electron chi connectivity index (χ4n) is 4.46. The average molecular weight is 490 g/mol. The summed E-state index contributed by atoms with van der Waals surface area (Å²) in [6, 6.07) is 13.1. The number of nitrogens with zero attached hydrogens (tertiary/aromatic N) is 2. The minimum Gasteiger partial charge on any atom is -0.456 e. The molecule has 1 aromatic carbocycles. The molecule has 1 aliphatic carbocycles. The van der Waals surface area contributed by atoms with Gasteiger partial charge in [0, 0.05) is 57.6 Å². The topological polar surface area (TPSA) is 39.9 Å². The molecule has 0 amide bonds. The van der Waals surface area contributed by atoms with Crippen molar-refractivity contribution < 1.29 is 9.52 Å². The predicted molar refractivity (Wildman–Crippen MR) is 123 cm³/mol. The van der Waals surface area contributed by atoms with Crippen LogP contribution in [-0.4, -0.2) is 34.4 Å². The van der Waals surface area contributed by atoms with Crippen LogP contribution in [0.15, 0.2) is 40.8 Å². The van der Waals surface area contributed by atoms with Gasteiger partial charge in [-0.25, -0.2) is 0 Å². The summed E-state index contributed by atoms with van der Waals surface area (Å²) in [7, 11) is 0. The molecule has 1 N–H and O–H groups in total. The van der Waals surface area contributed by atoms with Crippen LogP contribution in [0.2, 0.25) is 0 Å². The van der Waals surface area contributed by atoms with Crippen LogP contribution in [0.25, 0.3) is 22.3 Å². The minimum atomic E-state index is -0.529. The first-order valence-electron chi connectivity index (χ1n) is 10.4. The first-order valence-corrected chi connectivity index (χ1v) is 12.4. The fourth-order valence-corrected chi connectivity index (χ4v) is 7.18. The Bertz CT molecular complexity index is 1030. The molecule has 5 rings (SSSR count). The van der Waals surface area contributed by atoms with Crippen molar-refractivity contribution in [2.75, 3.05) is 31.1 Å². The maximum atomic E-state index is 10.5. The summed E-state index contributed by atoms with van der Waals surface area (Å²) in [4.78, 5) is 2.43. The van der Waals surface area contributed by atoms with Crippen LogP contribution in [-0.2, 0) is 0 Å². The Kier molecular flexibility index (Phi) is 5.15. The van der Waals surface area contributed by atoms with Gasteiger partial charge in [-0.2, -0.15) is 0 Å². The summed E-state index contributed by atoms with van der Waals surface area (Å²) in [6.45, 7) is 6.56. The van der Waals surface area contributed by atoms with Crippen LogP contribution in [0.1, 0.15) is 44.3 Å². The molecule has 2 saturated heterocycles. The number of halogens is 1. The van der Waals surface area contributed by atoms with E-state index in [1.54, 1.807) is 0 Å². The van der Waals surface area contributed by atoms with E-state index in [2.05, 4.69) is 44.4 Å². The smallest absolute Gasteiger partial charge is 0.137 e. The van der Waals surface area contributed by atoms with Gasteiger partial charge in [-0.15, -0.1) is 0 Å². The number of aliphatic hydroxyl groups is 1. The molecule has 0 radical (unpaired) electrons. The summed E-state index contributed by atoms with van der Waals surface area (Å²) < 4.78 is 10.4. The molecule has 3 heterocycles. The molecule has 148 valence electrons. The van der Waals surface area contributed by atoms with Crippen LogP contribution in [0.4, 0.5) is 5.69 Å². The molecule has 0 spiro atoms. The van der Waals surface area contributed by atoms with E-state index >= 15 is 0 Å². The highest BCUT2D eigenvalue weighted by Crippen LogP contribution is 2.39. The Morgan fingerprint density at radius 3 is 2.46 bits per heavy atom. The van der Waals surface area contributed by atoms with Gasteiger partial charge in [0.15, 0.2) is 0 Å². The molecule has 0 bridgehead atoms. The second-order valence-electron chi connectivity index (χ2n) is 7.91. The largest absolute Gasteiger partial charge is 0.456 e. The Labute approximate surface area is 176 Å². The first-order chi connectivity index (χ1) is 13.7. The maximum Gasteiger partial charge on any atom is 0.137 e. The zero-order valence-corrected chi connectivity index (χ0v) is 18.5. The van der Waals surface area contributed by atoms with Gasteiger partial charge < -0.3 is 14.4 Å². The highest BCUT2D eigenvalue weighted by Gasteiger charge is 2.20. The lowest BCUT2D eigenvalue weighted by Gasteiger charge is -2.21. The Hall–Kier alpha value is -1.44. The highest BCUT2D eigenvalue weighted by molar-refractivity contribution is 14.1. The van der Waals surface area contributed by atoms with E-state index in [4.69, 9.17) is 4.42 Å². The number of aliphatic hydroxyl groups excluding tert-OH is 1. The van der Waals surface area contributed by atoms with E-state index in [1.807, 2.05) is 6.92 Å². The van der Waals surface area contributed by atoms with Gasteiger partial charge in [-0.05, 0) is 83.9 Å². The third kappa shape index (κ3) is 3.48. The van der Waals surface area contributed by atoms with Crippen LogP contribution >= 0.6 is 21.0 Å². The van der Waals surface area contributed by atoms with Gasteiger partial charge in [0.25, 0.3) is 0 Å². The number of hydrogen-bond acceptors (Lipinski definition) is 4. The lowest BCUT2D eigenvalue weighted by molar-refractivity contribution is 0.201. The van der Waals surface area contributed by atoms with E-state index in [0.29, 0.717) is 0 Å². The van der Waals surface area contributed by atoms with Gasteiger partial charge in [0.2, 0.25) is 0 Å². The molecule has 3 aliphatic heterocycles. The highest BCUT2D eigenvalue weighted by atomic mass is 127. The van der Waals surface area contributed by atoms with Crippen molar-refractivity contribution in [3.63, 3.8) is 0 Å². The van der Waals surface area contributed by atoms with Crippen LogP contribution in [0.5, 0.6) is 0 Å². The second kappa shape index (κ2) is 7.76. The number of benzene rings is 2. The van der Waals surface area contributed by atoms with Crippen molar-refractivity contribution in [3.8, 4) is 11.3 Å². The quantitative estimate of drug-likeness (QED) is 0.290. The van der Waals surface area contributed by atoms with Gasteiger partial charge in [-0.3, -0.25) is 3.11 Å². The lowest BCUT2D eigenvalue weighted by atomic mass is 9.96. The summed E-state index contributed by atoms with van der Waals surface area (Å²) in [5.41, 5.74) is 4.12. The SMILES string of the molecule is CC(O)c1c2ccc(=IN3CCCC3)cc-2oc2cc(N3CCCC3)ccc12. The summed E-state index contributed by atoms with van der Waals surface area (Å²) in [6.07, 6.45) is 4.64. The van der Waals surface area contributed by atoms with Crippen molar-refractivity contribution in [1.82, 2.24) is 3.11 Å². The molecule has 0 saturated carbocycles. The fraction of sp³-hybridized carbons (Fsp3) is 0.435. The maximum absolute atomic E-state index is 10.5. The van der Waals surface area contributed by atoms with Crippen LogP contribution in [0, 0.1) is 3.15 Å². The first kappa shape index (κ1) is 18.6. The molecular weight excluding hydrogens is 463 g/mol. The molecule has 28 heavy (non-hydrogen) atoms. The second-order valence-corrected chi connectivity index (χ2v) is 11.0. The summed E-state index contributed by atoms with van der Waals surface area (Å²) in [5, 5.41) is 11.6. The molecule has 5 heteroatoms. The molecule has 1 atom stereocenters. The third-order valence-corrected chi connectivity index (χ3v) is 8.74. The van der Waals surface area contributed by atoms with Crippen molar-refractivity contribution in [2.24, 2.45) is 0 Å². The molecule has 4 aliphatic rings. The zero-order valence-electron chi connectivity index (χ0n) is 16.3. The zero-order chi connectivity index (χ0) is 19.1. The number of hydrogen-bond donors (Lipinski definition) is 1. The summed E-state index contributed by atoms with van der Waals surface area (Å²) >= 11 is -0.133. The molecule has 0 aromatic heterocycles. The van der Waals surface area contributed by atoms with E-state index < -0.39 is 6.10 Å². The monoisotopic (exact) mass is 490 g/mol. The lowest BCUT2D eigenvalue weighted by Crippen LogP contribution is -2.17. The third-order valence-electron chi connectivity index (χ3n) is 5.87. The molecule has 4 nitrogen and oxygen atoms in total. The number of anilines is 1. The van der Waals surface area contributed by atoms with Crippen molar-refractivity contribution in [1.29, 1.82) is 0 Å². The molecule has 1 unspecified atom stereocenters. The van der Waals surface area contributed by atoms with E-state index in [9.17, 15) is 5.11 Å². The van der Waals surface area contributed by atoms with Crippen molar-refractivity contribution >= 4 is 37.7 Å². The average Bonchev–Trinajstić information content (AvgIpc) is 3.39. The number of fused-ring (bicyclic) bond motifs is 2. The van der Waals surface area contributed by atoms with Crippen LogP contribution < -0.4 is 4.90 Å². The van der Waals surface area contributed by atoms with Crippen LogP contribution in [0.3, 0.4) is 0 Å². The Balaban J connectivity index is 1.68. The van der Waals surface area contributed by atoms with Crippen molar-refractivity contribution in [3.05, 3.63) is 45.1 Å². The van der Waals surface area contributed by atoms with E-state index in [-0.39, 0.29) is 21.0 Å². The Morgan fingerprint density at radius 2 is 1.71 bits per heavy atom. The van der Waals surface area contributed by atoms with Gasteiger partial charge in [0.05, 0.1) is 6.10 Å². The predicted octanol–water partition coefficient (Wildman–Crippen LogP) is 5.70. The minimum absolute atomic E-state index is 0.133. The normalized spacial score (nSPS) is 20.2. The number of rotatable bonds is 3. The summed E-state index contributed by atoms with van der Waals surface area (Å²) in [5.74, 6) is 0.901. The van der Waals surface area contributed by atoms with Gasteiger partial charge in [0.1, 0.15) is 11.3 Å². The molecule has 2 fully saturated rings. The standard InChI is InChI=1S/C23H27IN2O2/c1-16(27)23-19-8-6-17(24-26-12-4-5-13-26)14-21(19)28-22-15-18(7-9-20(22)23)25-10-2-3-11-25/h6-9,14-16,27H,2-5,10-13H2,1H3. The van der Waals surface area contributed by atoms with Crippen molar-refractivity contribution in [2.45, 2.75) is 38.7 Å². The Morgan fingerprint density at radius 1 is 0.964 bits per heavy atom.